The Balaban J connectivity index is 1.66. The maximum Gasteiger partial charge on any atom is 0.293 e. The average Bonchev–Trinajstić information content (AvgIpc) is 3.01. The normalized spacial score (nSPS) is 15.0. The van der Waals surface area contributed by atoms with Crippen LogP contribution in [0.15, 0.2) is 47.4 Å². The molecule has 1 fully saturated rings. The first-order valence-electron chi connectivity index (χ1n) is 9.47. The van der Waals surface area contributed by atoms with Gasteiger partial charge in [0, 0.05) is 0 Å². The molecule has 0 radical (unpaired) electrons. The molecular formula is C22H22ClNO5S. The molecule has 0 atom stereocenters. The van der Waals surface area contributed by atoms with E-state index in [9.17, 15) is 9.59 Å². The first-order valence-corrected chi connectivity index (χ1v) is 10.7. The van der Waals surface area contributed by atoms with Crippen molar-refractivity contribution in [3.63, 3.8) is 0 Å². The maximum atomic E-state index is 12.7. The van der Waals surface area contributed by atoms with E-state index in [1.165, 1.54) is 4.90 Å². The number of thioether (sulfide) groups is 1. The molecule has 0 saturated carbocycles. The molecule has 0 N–H and O–H groups in total. The Labute approximate surface area is 184 Å². The summed E-state index contributed by atoms with van der Waals surface area (Å²) >= 11 is 6.95. The third kappa shape index (κ3) is 5.29. The summed E-state index contributed by atoms with van der Waals surface area (Å²) in [5.74, 6) is 1.38. The van der Waals surface area contributed by atoms with E-state index in [0.717, 1.165) is 23.7 Å². The number of ether oxygens (including phenoxy) is 3. The minimum atomic E-state index is -0.349. The van der Waals surface area contributed by atoms with Crippen molar-refractivity contribution in [2.45, 2.75) is 13.3 Å². The predicted molar refractivity (Wildman–Crippen MR) is 118 cm³/mol. The van der Waals surface area contributed by atoms with Crippen LogP contribution in [0.2, 0.25) is 5.02 Å². The number of hydrogen-bond donors (Lipinski definition) is 0. The lowest BCUT2D eigenvalue weighted by Gasteiger charge is -2.13. The van der Waals surface area contributed by atoms with E-state index < -0.39 is 0 Å². The largest absolute Gasteiger partial charge is 0.493 e. The van der Waals surface area contributed by atoms with Crippen molar-refractivity contribution in [1.82, 2.24) is 4.90 Å². The van der Waals surface area contributed by atoms with Crippen molar-refractivity contribution in [3.8, 4) is 17.2 Å². The highest BCUT2D eigenvalue weighted by Crippen LogP contribution is 2.34. The molecule has 30 heavy (non-hydrogen) atoms. The fourth-order valence-electron chi connectivity index (χ4n) is 2.76. The van der Waals surface area contributed by atoms with Crippen molar-refractivity contribution >= 4 is 40.6 Å². The van der Waals surface area contributed by atoms with E-state index in [0.29, 0.717) is 33.8 Å². The molecule has 6 nitrogen and oxygen atoms in total. The van der Waals surface area contributed by atoms with Gasteiger partial charge in [0.1, 0.15) is 12.4 Å². The zero-order valence-corrected chi connectivity index (χ0v) is 18.3. The van der Waals surface area contributed by atoms with Crippen LogP contribution in [0, 0.1) is 0 Å². The second kappa shape index (κ2) is 10.4. The van der Waals surface area contributed by atoms with Crippen LogP contribution in [-0.2, 0) is 4.79 Å². The Hall–Kier alpha value is -2.64. The molecule has 0 aliphatic carbocycles. The van der Waals surface area contributed by atoms with Crippen LogP contribution in [0.4, 0.5) is 4.79 Å². The molecule has 1 aliphatic heterocycles. The quantitative estimate of drug-likeness (QED) is 0.489. The topological polar surface area (TPSA) is 65.1 Å². The first kappa shape index (κ1) is 22.1. The minimum absolute atomic E-state index is 0.139. The van der Waals surface area contributed by atoms with E-state index in [2.05, 4.69) is 0 Å². The lowest BCUT2D eigenvalue weighted by molar-refractivity contribution is -0.123. The molecule has 158 valence electrons. The molecule has 0 unspecified atom stereocenters. The van der Waals surface area contributed by atoms with Crippen molar-refractivity contribution < 1.29 is 23.8 Å². The van der Waals surface area contributed by atoms with Crippen LogP contribution in [-0.4, -0.2) is 42.9 Å². The number of nitrogens with zero attached hydrogens (tertiary/aromatic N) is 1. The van der Waals surface area contributed by atoms with Gasteiger partial charge in [-0.1, -0.05) is 36.7 Å². The van der Waals surface area contributed by atoms with Gasteiger partial charge in [-0.25, -0.2) is 0 Å². The second-order valence-electron chi connectivity index (χ2n) is 6.37. The molecule has 3 rings (SSSR count). The predicted octanol–water partition coefficient (Wildman–Crippen LogP) is 5.25. The molecule has 1 aliphatic rings. The second-order valence-corrected chi connectivity index (χ2v) is 7.77. The molecule has 1 saturated heterocycles. The molecule has 2 amide bonds. The van der Waals surface area contributed by atoms with Crippen molar-refractivity contribution in [3.05, 3.63) is 58.0 Å². The van der Waals surface area contributed by atoms with Crippen LogP contribution in [0.1, 0.15) is 18.9 Å². The summed E-state index contributed by atoms with van der Waals surface area (Å²) in [5, 5.41) is 0.149. The Morgan fingerprint density at radius 3 is 2.53 bits per heavy atom. The lowest BCUT2D eigenvalue weighted by atomic mass is 10.2. The zero-order valence-electron chi connectivity index (χ0n) is 16.7. The summed E-state index contributed by atoms with van der Waals surface area (Å²) in [5.41, 5.74) is 0.744. The van der Waals surface area contributed by atoms with Gasteiger partial charge in [0.2, 0.25) is 0 Å². The smallest absolute Gasteiger partial charge is 0.293 e. The fourth-order valence-corrected chi connectivity index (χ4v) is 3.81. The van der Waals surface area contributed by atoms with Crippen LogP contribution in [0.3, 0.4) is 0 Å². The van der Waals surface area contributed by atoms with Gasteiger partial charge in [-0.05, 0) is 54.1 Å². The third-order valence-electron chi connectivity index (χ3n) is 4.23. The number of carbonyl (C=O) groups excluding carboxylic acids is 2. The number of hydrogen-bond acceptors (Lipinski definition) is 6. The van der Waals surface area contributed by atoms with Gasteiger partial charge in [-0.3, -0.25) is 14.5 Å². The van der Waals surface area contributed by atoms with Gasteiger partial charge in [0.05, 0.1) is 30.2 Å². The Bertz CT molecular complexity index is 962. The van der Waals surface area contributed by atoms with Gasteiger partial charge in [-0.15, -0.1) is 0 Å². The molecule has 0 aromatic heterocycles. The number of benzene rings is 2. The highest BCUT2D eigenvalue weighted by atomic mass is 35.5. The highest BCUT2D eigenvalue weighted by molar-refractivity contribution is 8.18. The van der Waals surface area contributed by atoms with E-state index in [1.807, 2.05) is 13.0 Å². The molecule has 2 aromatic carbocycles. The molecular weight excluding hydrogens is 426 g/mol. The van der Waals surface area contributed by atoms with Gasteiger partial charge in [0.25, 0.3) is 11.1 Å². The van der Waals surface area contributed by atoms with Gasteiger partial charge < -0.3 is 14.2 Å². The van der Waals surface area contributed by atoms with Crippen LogP contribution >= 0.6 is 23.4 Å². The van der Waals surface area contributed by atoms with E-state index in [4.69, 9.17) is 25.8 Å². The van der Waals surface area contributed by atoms with Gasteiger partial charge in [-0.2, -0.15) is 0 Å². The fraction of sp³-hybridized carbons (Fsp3) is 0.273. The Morgan fingerprint density at radius 2 is 1.80 bits per heavy atom. The van der Waals surface area contributed by atoms with E-state index >= 15 is 0 Å². The summed E-state index contributed by atoms with van der Waals surface area (Å²) in [6.45, 7) is 2.91. The summed E-state index contributed by atoms with van der Waals surface area (Å²) in [6.07, 6.45) is 2.56. The highest BCUT2D eigenvalue weighted by Gasteiger charge is 2.34. The van der Waals surface area contributed by atoms with Crippen LogP contribution < -0.4 is 14.2 Å². The molecule has 1 heterocycles. The minimum Gasteiger partial charge on any atom is -0.493 e. The summed E-state index contributed by atoms with van der Waals surface area (Å²) in [7, 11) is 1.56. The number of imide groups is 1. The number of amides is 2. The monoisotopic (exact) mass is 447 g/mol. The number of para-hydroxylation sites is 1. The SMILES string of the molecule is CCCOc1ccc(/C=C2\SC(=O)N(CCOc3ccccc3Cl)C2=O)cc1OC. The summed E-state index contributed by atoms with van der Waals surface area (Å²) in [6, 6.07) is 12.4. The molecule has 0 bridgehead atoms. The van der Waals surface area contributed by atoms with Crippen molar-refractivity contribution in [1.29, 1.82) is 0 Å². The number of carbonyl (C=O) groups is 2. The number of methoxy groups -OCH3 is 1. The van der Waals surface area contributed by atoms with Crippen molar-refractivity contribution in [2.24, 2.45) is 0 Å². The Kier molecular flexibility index (Phi) is 7.65. The molecule has 0 spiro atoms. The van der Waals surface area contributed by atoms with E-state index in [1.54, 1.807) is 49.6 Å². The van der Waals surface area contributed by atoms with Crippen molar-refractivity contribution in [2.75, 3.05) is 26.9 Å². The summed E-state index contributed by atoms with van der Waals surface area (Å²) in [4.78, 5) is 26.5. The van der Waals surface area contributed by atoms with Gasteiger partial charge >= 0.3 is 0 Å². The number of halogens is 1. The van der Waals surface area contributed by atoms with E-state index in [-0.39, 0.29) is 24.3 Å². The van der Waals surface area contributed by atoms with Crippen LogP contribution in [0.25, 0.3) is 6.08 Å². The first-order chi connectivity index (χ1) is 14.5. The standard InChI is InChI=1S/C22H22ClNO5S/c1-3-11-28-18-9-8-15(13-19(18)27-2)14-20-21(25)24(22(26)30-20)10-12-29-17-7-5-4-6-16(17)23/h4-9,13-14H,3,10-12H2,1-2H3/b20-14-. The average molecular weight is 448 g/mol. The third-order valence-corrected chi connectivity index (χ3v) is 5.45. The lowest BCUT2D eigenvalue weighted by Crippen LogP contribution is -2.32. The van der Waals surface area contributed by atoms with Crippen LogP contribution in [0.5, 0.6) is 17.2 Å². The zero-order chi connectivity index (χ0) is 21.5. The molecule has 8 heteroatoms. The Morgan fingerprint density at radius 1 is 1.03 bits per heavy atom. The molecule has 2 aromatic rings. The van der Waals surface area contributed by atoms with Gasteiger partial charge in [0.15, 0.2) is 11.5 Å². The maximum absolute atomic E-state index is 12.7. The number of rotatable bonds is 9. The summed E-state index contributed by atoms with van der Waals surface area (Å²) < 4.78 is 16.6.